The van der Waals surface area contributed by atoms with Crippen LogP contribution in [0.3, 0.4) is 0 Å². The van der Waals surface area contributed by atoms with E-state index < -0.39 is 5.54 Å². The topological polar surface area (TPSA) is 94.0 Å². The molecular weight excluding hydrogens is 268 g/mol. The predicted molar refractivity (Wildman–Crippen MR) is 77.1 cm³/mol. The summed E-state index contributed by atoms with van der Waals surface area (Å²) in [5.41, 5.74) is 5.87. The van der Waals surface area contributed by atoms with Gasteiger partial charge in [0.15, 0.2) is 5.82 Å². The van der Waals surface area contributed by atoms with Crippen LogP contribution in [0.25, 0.3) is 0 Å². The zero-order chi connectivity index (χ0) is 14.9. The molecule has 0 aliphatic heterocycles. The van der Waals surface area contributed by atoms with E-state index in [1.54, 1.807) is 0 Å². The highest BCUT2D eigenvalue weighted by molar-refractivity contribution is 5.79. The summed E-state index contributed by atoms with van der Waals surface area (Å²) in [6, 6.07) is -0.260. The zero-order valence-corrected chi connectivity index (χ0v) is 12.6. The summed E-state index contributed by atoms with van der Waals surface area (Å²) in [4.78, 5) is 16.6. The second kappa shape index (κ2) is 5.75. The van der Waals surface area contributed by atoms with E-state index in [-0.39, 0.29) is 17.9 Å². The van der Waals surface area contributed by atoms with Gasteiger partial charge in [-0.15, -0.1) is 0 Å². The van der Waals surface area contributed by atoms with Crippen LogP contribution in [0.1, 0.15) is 76.0 Å². The van der Waals surface area contributed by atoms with Gasteiger partial charge in [0.2, 0.25) is 11.8 Å². The number of rotatable bonds is 4. The fourth-order valence-electron chi connectivity index (χ4n) is 3.42. The Morgan fingerprint density at radius 3 is 2.67 bits per heavy atom. The van der Waals surface area contributed by atoms with Gasteiger partial charge < -0.3 is 15.6 Å². The molecule has 0 saturated heterocycles. The minimum absolute atomic E-state index is 0.100. The first-order chi connectivity index (χ1) is 10.1. The van der Waals surface area contributed by atoms with E-state index in [1.807, 2.05) is 6.92 Å². The van der Waals surface area contributed by atoms with Gasteiger partial charge >= 0.3 is 0 Å². The van der Waals surface area contributed by atoms with Crippen molar-refractivity contribution in [3.8, 4) is 0 Å². The third-order valence-corrected chi connectivity index (χ3v) is 4.84. The Morgan fingerprint density at radius 1 is 1.33 bits per heavy atom. The summed E-state index contributed by atoms with van der Waals surface area (Å²) in [6.45, 7) is 1.88. The quantitative estimate of drug-likeness (QED) is 0.887. The van der Waals surface area contributed by atoms with E-state index in [1.165, 1.54) is 0 Å². The summed E-state index contributed by atoms with van der Waals surface area (Å²) in [5, 5.41) is 7.01. The maximum Gasteiger partial charge on any atom is 0.248 e. The molecule has 6 heteroatoms. The standard InChI is InChI=1S/C15H24N4O2/c1-10(17-12(20)11-6-2-3-7-11)13-18-14(19-21-13)15(16)8-4-5-9-15/h10-11H,2-9,16H2,1H3,(H,17,20). The van der Waals surface area contributed by atoms with E-state index in [0.29, 0.717) is 11.7 Å². The van der Waals surface area contributed by atoms with Gasteiger partial charge in [-0.3, -0.25) is 4.79 Å². The van der Waals surface area contributed by atoms with Crippen molar-refractivity contribution in [3.05, 3.63) is 11.7 Å². The van der Waals surface area contributed by atoms with Crippen LogP contribution in [0.2, 0.25) is 0 Å². The monoisotopic (exact) mass is 292 g/mol. The number of nitrogens with zero attached hydrogens (tertiary/aromatic N) is 2. The number of amides is 1. The van der Waals surface area contributed by atoms with E-state index in [9.17, 15) is 4.79 Å². The summed E-state index contributed by atoms with van der Waals surface area (Å²) in [7, 11) is 0. The molecule has 1 aromatic heterocycles. The lowest BCUT2D eigenvalue weighted by atomic mass is 9.99. The zero-order valence-electron chi connectivity index (χ0n) is 12.6. The molecule has 21 heavy (non-hydrogen) atoms. The van der Waals surface area contributed by atoms with Crippen molar-refractivity contribution in [3.63, 3.8) is 0 Å². The second-order valence-electron chi connectivity index (χ2n) is 6.53. The van der Waals surface area contributed by atoms with Gasteiger partial charge in [0, 0.05) is 5.92 Å². The predicted octanol–water partition coefficient (Wildman–Crippen LogP) is 2.17. The molecule has 0 aromatic carbocycles. The first kappa shape index (κ1) is 14.5. The largest absolute Gasteiger partial charge is 0.344 e. The Balaban J connectivity index is 1.63. The lowest BCUT2D eigenvalue weighted by Crippen LogP contribution is -2.35. The van der Waals surface area contributed by atoms with Crippen LogP contribution in [0, 0.1) is 5.92 Å². The van der Waals surface area contributed by atoms with E-state index in [0.717, 1.165) is 51.4 Å². The van der Waals surface area contributed by atoms with Crippen molar-refractivity contribution in [2.24, 2.45) is 11.7 Å². The number of hydrogen-bond acceptors (Lipinski definition) is 5. The molecule has 1 atom stereocenters. The molecule has 0 radical (unpaired) electrons. The SMILES string of the molecule is CC(NC(=O)C1CCCC1)c1nc(C2(N)CCCC2)no1. The molecule has 2 aliphatic rings. The Morgan fingerprint density at radius 2 is 2.00 bits per heavy atom. The van der Waals surface area contributed by atoms with Crippen LogP contribution >= 0.6 is 0 Å². The summed E-state index contributed by atoms with van der Waals surface area (Å²) < 4.78 is 5.31. The first-order valence-corrected chi connectivity index (χ1v) is 8.02. The molecule has 1 amide bonds. The van der Waals surface area contributed by atoms with Crippen LogP contribution in [0.5, 0.6) is 0 Å². The Kier molecular flexibility index (Phi) is 3.97. The molecule has 2 fully saturated rings. The normalized spacial score (nSPS) is 23.3. The third-order valence-electron chi connectivity index (χ3n) is 4.84. The maximum atomic E-state index is 12.1. The van der Waals surface area contributed by atoms with E-state index in [2.05, 4.69) is 15.5 Å². The minimum atomic E-state index is -0.447. The first-order valence-electron chi connectivity index (χ1n) is 8.02. The number of nitrogens with one attached hydrogen (secondary N) is 1. The summed E-state index contributed by atoms with van der Waals surface area (Å²) >= 11 is 0. The maximum absolute atomic E-state index is 12.1. The molecular formula is C15H24N4O2. The van der Waals surface area contributed by atoms with Gasteiger partial charge in [0.25, 0.3) is 0 Å². The third kappa shape index (κ3) is 2.95. The fourth-order valence-corrected chi connectivity index (χ4v) is 3.42. The van der Waals surface area contributed by atoms with E-state index >= 15 is 0 Å². The lowest BCUT2D eigenvalue weighted by Gasteiger charge is -2.18. The molecule has 0 spiro atoms. The van der Waals surface area contributed by atoms with Gasteiger partial charge in [-0.2, -0.15) is 4.98 Å². The average molecular weight is 292 g/mol. The van der Waals surface area contributed by atoms with Crippen molar-refractivity contribution in [2.45, 2.75) is 69.9 Å². The molecule has 3 rings (SSSR count). The molecule has 116 valence electrons. The highest BCUT2D eigenvalue weighted by Crippen LogP contribution is 2.35. The fraction of sp³-hybridized carbons (Fsp3) is 0.800. The molecule has 0 bridgehead atoms. The smallest absolute Gasteiger partial charge is 0.248 e. The number of aromatic nitrogens is 2. The van der Waals surface area contributed by atoms with Gasteiger partial charge in [-0.1, -0.05) is 30.8 Å². The van der Waals surface area contributed by atoms with Gasteiger partial charge in [0.05, 0.1) is 5.54 Å². The van der Waals surface area contributed by atoms with Crippen LogP contribution in [0.15, 0.2) is 4.52 Å². The Labute approximate surface area is 124 Å². The van der Waals surface area contributed by atoms with Gasteiger partial charge in [0.1, 0.15) is 6.04 Å². The number of nitrogens with two attached hydrogens (primary N) is 1. The van der Waals surface area contributed by atoms with Crippen molar-refractivity contribution in [1.82, 2.24) is 15.5 Å². The molecule has 1 aromatic rings. The van der Waals surface area contributed by atoms with Crippen LogP contribution in [0.4, 0.5) is 0 Å². The Hall–Kier alpha value is -1.43. The van der Waals surface area contributed by atoms with Crippen molar-refractivity contribution in [2.75, 3.05) is 0 Å². The average Bonchev–Trinajstić information content (AvgIpc) is 3.20. The van der Waals surface area contributed by atoms with Crippen molar-refractivity contribution < 1.29 is 9.32 Å². The van der Waals surface area contributed by atoms with Crippen LogP contribution in [-0.4, -0.2) is 16.0 Å². The molecule has 3 N–H and O–H groups in total. The van der Waals surface area contributed by atoms with Crippen molar-refractivity contribution >= 4 is 5.91 Å². The number of carbonyl (C=O) groups excluding carboxylic acids is 1. The van der Waals surface area contributed by atoms with Gasteiger partial charge in [-0.25, -0.2) is 0 Å². The molecule has 2 aliphatic carbocycles. The molecule has 1 unspecified atom stereocenters. The highest BCUT2D eigenvalue weighted by Gasteiger charge is 2.36. The molecule has 6 nitrogen and oxygen atoms in total. The van der Waals surface area contributed by atoms with Crippen molar-refractivity contribution in [1.29, 1.82) is 0 Å². The molecule has 2 saturated carbocycles. The minimum Gasteiger partial charge on any atom is -0.344 e. The Bertz CT molecular complexity index is 502. The van der Waals surface area contributed by atoms with Crippen LogP contribution in [-0.2, 0) is 10.3 Å². The van der Waals surface area contributed by atoms with E-state index in [4.69, 9.17) is 10.3 Å². The molecule has 1 heterocycles. The van der Waals surface area contributed by atoms with Crippen LogP contribution < -0.4 is 11.1 Å². The second-order valence-corrected chi connectivity index (χ2v) is 6.53. The number of carbonyl (C=O) groups is 1. The van der Waals surface area contributed by atoms with Gasteiger partial charge in [-0.05, 0) is 32.6 Å². The highest BCUT2D eigenvalue weighted by atomic mass is 16.5. The number of hydrogen-bond donors (Lipinski definition) is 2. The summed E-state index contributed by atoms with van der Waals surface area (Å²) in [6.07, 6.45) is 8.27. The summed E-state index contributed by atoms with van der Waals surface area (Å²) in [5.74, 6) is 1.28. The lowest BCUT2D eigenvalue weighted by molar-refractivity contribution is -0.125.